The van der Waals surface area contributed by atoms with Crippen molar-refractivity contribution in [1.29, 1.82) is 0 Å². The lowest BCUT2D eigenvalue weighted by molar-refractivity contribution is -0.231. The first-order valence-corrected chi connectivity index (χ1v) is 11.4. The number of anilines is 1. The number of hydrogen-bond donors (Lipinski definition) is 3. The summed E-state index contributed by atoms with van der Waals surface area (Å²) in [5.74, 6) is -0.0103. The summed E-state index contributed by atoms with van der Waals surface area (Å²) in [5, 5.41) is 2.95. The molecule has 5 rings (SSSR count). The number of amides is 1. The van der Waals surface area contributed by atoms with Crippen molar-refractivity contribution in [2.24, 2.45) is 5.41 Å². The number of rotatable bonds is 6. The fraction of sp³-hybridized carbons (Fsp3) is 0.231. The first-order chi connectivity index (χ1) is 17.4. The number of carbonyl (C=O) groups excluding carboxylic acids is 1. The van der Waals surface area contributed by atoms with Crippen molar-refractivity contribution in [3.63, 3.8) is 0 Å². The van der Waals surface area contributed by atoms with Gasteiger partial charge in [-0.1, -0.05) is 30.3 Å². The molecular formula is C26H25FN6O3. The van der Waals surface area contributed by atoms with Crippen molar-refractivity contribution in [2.45, 2.75) is 19.8 Å². The molecule has 2 aromatic carbocycles. The third-order valence-electron chi connectivity index (χ3n) is 5.94. The Labute approximate surface area is 206 Å². The van der Waals surface area contributed by atoms with Crippen molar-refractivity contribution in [3.8, 4) is 22.6 Å². The first kappa shape index (κ1) is 23.6. The van der Waals surface area contributed by atoms with Gasteiger partial charge >= 0.3 is 0 Å². The van der Waals surface area contributed by atoms with E-state index in [1.54, 1.807) is 31.3 Å². The first-order valence-electron chi connectivity index (χ1n) is 11.4. The fourth-order valence-corrected chi connectivity index (χ4v) is 3.91. The normalized spacial score (nSPS) is 19.7. The molecule has 1 fully saturated rings. The summed E-state index contributed by atoms with van der Waals surface area (Å²) < 4.78 is 25.4. The predicted octanol–water partition coefficient (Wildman–Crippen LogP) is 3.62. The average molecular weight is 489 g/mol. The van der Waals surface area contributed by atoms with Gasteiger partial charge in [-0.05, 0) is 42.8 Å². The molecule has 10 heteroatoms. The predicted molar refractivity (Wildman–Crippen MR) is 130 cm³/mol. The van der Waals surface area contributed by atoms with E-state index in [0.717, 1.165) is 5.56 Å². The van der Waals surface area contributed by atoms with E-state index < -0.39 is 11.7 Å². The van der Waals surface area contributed by atoms with Gasteiger partial charge in [-0.3, -0.25) is 4.79 Å². The molecule has 2 aromatic heterocycles. The quantitative estimate of drug-likeness (QED) is 0.378. The molecule has 1 aliphatic heterocycles. The monoisotopic (exact) mass is 488 g/mol. The number of aromatic nitrogens is 4. The van der Waals surface area contributed by atoms with E-state index in [2.05, 4.69) is 25.3 Å². The fourth-order valence-electron chi connectivity index (χ4n) is 3.91. The minimum Gasteiger partial charge on any atom is -0.368 e. The van der Waals surface area contributed by atoms with E-state index in [1.165, 1.54) is 12.1 Å². The molecule has 4 N–H and O–H groups in total. The molecule has 3 heterocycles. The summed E-state index contributed by atoms with van der Waals surface area (Å²) in [6, 6.07) is 17.3. The highest BCUT2D eigenvalue weighted by molar-refractivity contribution is 5.82. The highest BCUT2D eigenvalue weighted by atomic mass is 19.1. The molecule has 0 unspecified atom stereocenters. The Balaban J connectivity index is 1.34. The minimum atomic E-state index is -0.860. The Morgan fingerprint density at radius 2 is 1.83 bits per heavy atom. The topological polar surface area (TPSA) is 128 Å². The van der Waals surface area contributed by atoms with Gasteiger partial charge in [0.15, 0.2) is 5.82 Å². The number of H-pyrrole nitrogens is 1. The molecule has 0 radical (unpaired) electrons. The van der Waals surface area contributed by atoms with Crippen LogP contribution in [0.25, 0.3) is 22.6 Å². The second-order valence-electron chi connectivity index (χ2n) is 8.84. The Kier molecular flexibility index (Phi) is 6.45. The maximum absolute atomic E-state index is 13.5. The zero-order valence-corrected chi connectivity index (χ0v) is 19.6. The number of hydrogen-bond acceptors (Lipinski definition) is 7. The molecular weight excluding hydrogens is 463 g/mol. The Hall–Kier alpha value is -4.15. The van der Waals surface area contributed by atoms with Crippen LogP contribution in [-0.2, 0) is 20.8 Å². The van der Waals surface area contributed by atoms with Crippen molar-refractivity contribution in [3.05, 3.63) is 84.1 Å². The number of imidazole rings is 1. The number of aromatic amines is 1. The van der Waals surface area contributed by atoms with Gasteiger partial charge in [0.1, 0.15) is 5.82 Å². The van der Waals surface area contributed by atoms with E-state index in [4.69, 9.17) is 15.2 Å². The lowest BCUT2D eigenvalue weighted by atomic mass is 9.91. The van der Waals surface area contributed by atoms with E-state index in [0.29, 0.717) is 35.0 Å². The Bertz CT molecular complexity index is 1350. The molecule has 36 heavy (non-hydrogen) atoms. The molecule has 0 bridgehead atoms. The number of ether oxygens (including phenoxy) is 2. The molecule has 184 valence electrons. The van der Waals surface area contributed by atoms with Crippen molar-refractivity contribution < 1.29 is 18.7 Å². The van der Waals surface area contributed by atoms with Crippen molar-refractivity contribution in [2.75, 3.05) is 18.9 Å². The van der Waals surface area contributed by atoms with Gasteiger partial charge in [0.25, 0.3) is 0 Å². The maximum Gasteiger partial charge on any atom is 0.230 e. The smallest absolute Gasteiger partial charge is 0.230 e. The van der Waals surface area contributed by atoms with Gasteiger partial charge in [0, 0.05) is 18.3 Å². The van der Waals surface area contributed by atoms with Crippen LogP contribution in [0.1, 0.15) is 24.6 Å². The minimum absolute atomic E-state index is 0.108. The van der Waals surface area contributed by atoms with Crippen LogP contribution in [0, 0.1) is 11.2 Å². The maximum atomic E-state index is 13.5. The molecule has 0 saturated carbocycles. The summed E-state index contributed by atoms with van der Waals surface area (Å²) >= 11 is 0. The summed E-state index contributed by atoms with van der Waals surface area (Å²) in [6.07, 6.45) is 0.715. The van der Waals surface area contributed by atoms with Crippen LogP contribution >= 0.6 is 0 Å². The van der Waals surface area contributed by atoms with Crippen LogP contribution in [0.15, 0.2) is 66.9 Å². The molecule has 9 nitrogen and oxygen atoms in total. The Morgan fingerprint density at radius 1 is 1.11 bits per heavy atom. The molecule has 1 saturated heterocycles. The number of nitrogens with two attached hydrogens (primary N) is 1. The highest BCUT2D eigenvalue weighted by Gasteiger charge is 2.40. The van der Waals surface area contributed by atoms with E-state index in [1.807, 2.05) is 30.3 Å². The SMILES string of the molecule is CC1(C(=O)NCc2ccccc2)COC(c2nc(-c3ccc(F)cc3)c(-c3ccnc(N)n3)[nH]2)OC1. The van der Waals surface area contributed by atoms with Gasteiger partial charge < -0.3 is 25.5 Å². The molecule has 0 aliphatic carbocycles. The molecule has 0 spiro atoms. The van der Waals surface area contributed by atoms with Gasteiger partial charge in [-0.15, -0.1) is 0 Å². The Morgan fingerprint density at radius 3 is 2.53 bits per heavy atom. The van der Waals surface area contributed by atoms with E-state index >= 15 is 0 Å². The zero-order chi connectivity index (χ0) is 25.1. The third-order valence-corrected chi connectivity index (χ3v) is 5.94. The lowest BCUT2D eigenvalue weighted by Gasteiger charge is -2.35. The molecule has 4 aromatic rings. The second kappa shape index (κ2) is 9.84. The van der Waals surface area contributed by atoms with E-state index in [-0.39, 0.29) is 30.9 Å². The van der Waals surface area contributed by atoms with Crippen LogP contribution in [0.5, 0.6) is 0 Å². The summed E-state index contributed by atoms with van der Waals surface area (Å²) in [7, 11) is 0. The molecule has 1 amide bonds. The van der Waals surface area contributed by atoms with Gasteiger partial charge in [-0.2, -0.15) is 0 Å². The lowest BCUT2D eigenvalue weighted by Crippen LogP contribution is -2.48. The average Bonchev–Trinajstić information content (AvgIpc) is 3.34. The van der Waals surface area contributed by atoms with Crippen molar-refractivity contribution >= 4 is 11.9 Å². The van der Waals surface area contributed by atoms with Gasteiger partial charge in [0.2, 0.25) is 18.1 Å². The summed E-state index contributed by atoms with van der Waals surface area (Å²) in [4.78, 5) is 29.0. The van der Waals surface area contributed by atoms with Gasteiger partial charge in [-0.25, -0.2) is 19.3 Å². The summed E-state index contributed by atoms with van der Waals surface area (Å²) in [6.45, 7) is 2.50. The van der Waals surface area contributed by atoms with Crippen LogP contribution in [0.3, 0.4) is 0 Å². The van der Waals surface area contributed by atoms with Crippen LogP contribution in [0.4, 0.5) is 10.3 Å². The van der Waals surface area contributed by atoms with Crippen molar-refractivity contribution in [1.82, 2.24) is 25.3 Å². The largest absolute Gasteiger partial charge is 0.368 e. The second-order valence-corrected chi connectivity index (χ2v) is 8.84. The number of nitrogens with one attached hydrogen (secondary N) is 2. The number of carbonyl (C=O) groups is 1. The van der Waals surface area contributed by atoms with Gasteiger partial charge in [0.05, 0.1) is 35.7 Å². The van der Waals surface area contributed by atoms with Crippen LogP contribution < -0.4 is 11.1 Å². The van der Waals surface area contributed by atoms with Crippen LogP contribution in [0.2, 0.25) is 0 Å². The van der Waals surface area contributed by atoms with E-state index in [9.17, 15) is 9.18 Å². The number of halogens is 1. The number of nitrogens with zero attached hydrogens (tertiary/aromatic N) is 3. The molecule has 0 atom stereocenters. The third kappa shape index (κ3) is 4.95. The summed E-state index contributed by atoms with van der Waals surface area (Å²) in [5.41, 5.74) is 8.21. The zero-order valence-electron chi connectivity index (χ0n) is 19.6. The molecule has 1 aliphatic rings. The number of benzene rings is 2. The number of nitrogen functional groups attached to an aromatic ring is 1. The van der Waals surface area contributed by atoms with Crippen LogP contribution in [-0.4, -0.2) is 39.1 Å². The standard InChI is InChI=1S/C26H25FN6O3/c1-26(24(34)30-13-16-5-3-2-4-6-16)14-35-23(36-15-26)22-32-20(17-7-9-18(27)10-8-17)21(33-22)19-11-12-29-25(28)31-19/h2-12,23H,13-15H2,1H3,(H,30,34)(H,32,33)(H2,28,29,31). The highest BCUT2D eigenvalue weighted by Crippen LogP contribution is 2.35.